The maximum absolute atomic E-state index is 11.6. The molecular weight excluding hydrogens is 302 g/mol. The fourth-order valence-electron chi connectivity index (χ4n) is 3.66. The number of carbonyl (C=O) groups is 1. The van der Waals surface area contributed by atoms with E-state index in [-0.39, 0.29) is 12.1 Å². The van der Waals surface area contributed by atoms with Crippen LogP contribution in [0.25, 0.3) is 11.3 Å². The van der Waals surface area contributed by atoms with Crippen LogP contribution in [0, 0.1) is 0 Å². The van der Waals surface area contributed by atoms with E-state index in [9.17, 15) is 4.79 Å². The molecule has 0 bridgehead atoms. The summed E-state index contributed by atoms with van der Waals surface area (Å²) >= 11 is 0. The first-order valence-corrected chi connectivity index (χ1v) is 8.35. The van der Waals surface area contributed by atoms with E-state index in [1.165, 1.54) is 0 Å². The quantitative estimate of drug-likeness (QED) is 0.919. The van der Waals surface area contributed by atoms with Gasteiger partial charge in [0.05, 0.1) is 23.6 Å². The molecule has 2 aliphatic rings. The maximum atomic E-state index is 11.6. The Morgan fingerprint density at radius 2 is 2.04 bits per heavy atom. The van der Waals surface area contributed by atoms with Crippen LogP contribution in [0.15, 0.2) is 36.7 Å². The van der Waals surface area contributed by atoms with Gasteiger partial charge >= 0.3 is 0 Å². The molecule has 1 N–H and O–H groups in total. The molecule has 124 valence electrons. The Hall–Kier alpha value is -2.63. The molecule has 0 spiro atoms. The second-order valence-corrected chi connectivity index (χ2v) is 6.44. The molecule has 0 radical (unpaired) electrons. The average Bonchev–Trinajstić information content (AvgIpc) is 3.18. The van der Waals surface area contributed by atoms with Crippen LogP contribution in [0.1, 0.15) is 20.3 Å². The molecule has 1 saturated heterocycles. The molecule has 0 saturated carbocycles. The van der Waals surface area contributed by atoms with Gasteiger partial charge in [0.2, 0.25) is 5.91 Å². The van der Waals surface area contributed by atoms with Crippen molar-refractivity contribution < 1.29 is 4.79 Å². The van der Waals surface area contributed by atoms with Crippen molar-refractivity contribution in [3.8, 4) is 11.3 Å². The van der Waals surface area contributed by atoms with Gasteiger partial charge in [0.25, 0.3) is 0 Å². The first kappa shape index (κ1) is 14.9. The predicted octanol–water partition coefficient (Wildman–Crippen LogP) is 2.34. The number of nitrogens with one attached hydrogen (secondary N) is 1. The van der Waals surface area contributed by atoms with Gasteiger partial charge in [-0.15, -0.1) is 0 Å². The molecule has 0 aliphatic carbocycles. The smallest absolute Gasteiger partial charge is 0.219 e. The van der Waals surface area contributed by atoms with Gasteiger partial charge in [0.15, 0.2) is 5.82 Å². The maximum Gasteiger partial charge on any atom is 0.219 e. The first-order valence-electron chi connectivity index (χ1n) is 8.35. The number of hydrogen-bond donors (Lipinski definition) is 1. The molecule has 2 aromatic heterocycles. The third-order valence-corrected chi connectivity index (χ3v) is 4.88. The van der Waals surface area contributed by atoms with Crippen molar-refractivity contribution in [2.75, 3.05) is 23.3 Å². The van der Waals surface area contributed by atoms with Gasteiger partial charge in [-0.3, -0.25) is 9.78 Å². The normalized spacial score (nSPS) is 22.4. The summed E-state index contributed by atoms with van der Waals surface area (Å²) in [6, 6.07) is 8.37. The van der Waals surface area contributed by atoms with E-state index in [2.05, 4.69) is 28.2 Å². The number of amides is 1. The fraction of sp³-hybridized carbons (Fsp3) is 0.389. The molecule has 1 amide bonds. The third-order valence-electron chi connectivity index (χ3n) is 4.88. The lowest BCUT2D eigenvalue weighted by molar-refractivity contribution is -0.127. The highest BCUT2D eigenvalue weighted by Crippen LogP contribution is 2.37. The van der Waals surface area contributed by atoms with Crippen molar-refractivity contribution in [3.05, 3.63) is 36.7 Å². The van der Waals surface area contributed by atoms with E-state index in [4.69, 9.17) is 4.98 Å². The minimum atomic E-state index is 0.149. The Balaban J connectivity index is 1.66. The van der Waals surface area contributed by atoms with Crippen molar-refractivity contribution in [1.29, 1.82) is 0 Å². The number of rotatable bonds is 2. The Morgan fingerprint density at radius 3 is 2.75 bits per heavy atom. The van der Waals surface area contributed by atoms with Crippen molar-refractivity contribution in [3.63, 3.8) is 0 Å². The van der Waals surface area contributed by atoms with Crippen molar-refractivity contribution in [2.24, 2.45) is 0 Å². The largest absolute Gasteiger partial charge is 0.362 e. The van der Waals surface area contributed by atoms with Crippen LogP contribution in [0.4, 0.5) is 11.5 Å². The van der Waals surface area contributed by atoms with Crippen molar-refractivity contribution in [2.45, 2.75) is 32.5 Å². The first-order chi connectivity index (χ1) is 11.6. The molecule has 0 aromatic carbocycles. The molecule has 2 aromatic rings. The summed E-state index contributed by atoms with van der Waals surface area (Å²) in [6.45, 7) is 5.37. The SMILES string of the molecule is CC(=O)N1CC[C@H](N2c3nc(-c4ccncc4)ccc3NC2C)C1. The minimum absolute atomic E-state index is 0.149. The van der Waals surface area contributed by atoms with E-state index < -0.39 is 0 Å². The van der Waals surface area contributed by atoms with Crippen molar-refractivity contribution in [1.82, 2.24) is 14.9 Å². The van der Waals surface area contributed by atoms with Gasteiger partial charge in [0, 0.05) is 38.0 Å². The van der Waals surface area contributed by atoms with Gasteiger partial charge in [-0.05, 0) is 37.6 Å². The third kappa shape index (κ3) is 2.48. The molecule has 6 heteroatoms. The molecule has 1 unspecified atom stereocenters. The van der Waals surface area contributed by atoms with Crippen LogP contribution in [0.5, 0.6) is 0 Å². The highest BCUT2D eigenvalue weighted by molar-refractivity contribution is 5.77. The summed E-state index contributed by atoms with van der Waals surface area (Å²) in [6.07, 6.45) is 4.72. The van der Waals surface area contributed by atoms with Crippen LogP contribution < -0.4 is 10.2 Å². The minimum Gasteiger partial charge on any atom is -0.362 e. The number of carbonyl (C=O) groups excluding carboxylic acids is 1. The topological polar surface area (TPSA) is 61.4 Å². The molecule has 2 atom stereocenters. The van der Waals surface area contributed by atoms with Crippen LogP contribution in [0.3, 0.4) is 0 Å². The van der Waals surface area contributed by atoms with Crippen LogP contribution in [-0.4, -0.2) is 46.1 Å². The van der Waals surface area contributed by atoms with Crippen LogP contribution >= 0.6 is 0 Å². The van der Waals surface area contributed by atoms with Crippen LogP contribution in [-0.2, 0) is 4.79 Å². The monoisotopic (exact) mass is 323 g/mol. The van der Waals surface area contributed by atoms with Gasteiger partial charge in [-0.2, -0.15) is 0 Å². The van der Waals surface area contributed by atoms with E-state index in [1.54, 1.807) is 19.3 Å². The summed E-state index contributed by atoms with van der Waals surface area (Å²) in [4.78, 5) is 24.9. The molecule has 6 nitrogen and oxygen atoms in total. The van der Waals surface area contributed by atoms with Gasteiger partial charge in [-0.1, -0.05) is 0 Å². The fourth-order valence-corrected chi connectivity index (χ4v) is 3.66. The lowest BCUT2D eigenvalue weighted by Crippen LogP contribution is -2.44. The zero-order valence-corrected chi connectivity index (χ0v) is 13.9. The Kier molecular flexibility index (Phi) is 3.59. The second-order valence-electron chi connectivity index (χ2n) is 6.44. The Labute approximate surface area is 141 Å². The summed E-state index contributed by atoms with van der Waals surface area (Å²) in [5.74, 6) is 1.13. The second kappa shape index (κ2) is 5.78. The van der Waals surface area contributed by atoms with Gasteiger partial charge < -0.3 is 15.1 Å². The number of anilines is 2. The van der Waals surface area contributed by atoms with Crippen molar-refractivity contribution >= 4 is 17.4 Å². The zero-order valence-electron chi connectivity index (χ0n) is 13.9. The standard InChI is InChI=1S/C18H21N5O/c1-12-20-17-4-3-16(14-5-8-19-9-6-14)21-18(17)23(12)15-7-10-22(11-15)13(2)24/h3-6,8-9,12,15,20H,7,10-11H2,1-2H3/t12?,15-/m0/s1. The molecule has 1 fully saturated rings. The lowest BCUT2D eigenvalue weighted by Gasteiger charge is -2.29. The molecule has 4 rings (SSSR count). The Bertz CT molecular complexity index is 763. The number of likely N-dealkylation sites (tertiary alicyclic amines) is 1. The summed E-state index contributed by atoms with van der Waals surface area (Å²) < 4.78 is 0. The number of nitrogens with zero attached hydrogens (tertiary/aromatic N) is 4. The van der Waals surface area contributed by atoms with E-state index in [0.29, 0.717) is 6.04 Å². The zero-order chi connectivity index (χ0) is 16.7. The Morgan fingerprint density at radius 1 is 1.25 bits per heavy atom. The van der Waals surface area contributed by atoms with Gasteiger partial charge in [0.1, 0.15) is 0 Å². The lowest BCUT2D eigenvalue weighted by atomic mass is 10.1. The molecule has 24 heavy (non-hydrogen) atoms. The number of aromatic nitrogens is 2. The van der Waals surface area contributed by atoms with E-state index in [1.807, 2.05) is 23.1 Å². The highest BCUT2D eigenvalue weighted by Gasteiger charge is 2.37. The summed E-state index contributed by atoms with van der Waals surface area (Å²) in [7, 11) is 0. The summed E-state index contributed by atoms with van der Waals surface area (Å²) in [5, 5.41) is 3.49. The number of pyridine rings is 2. The predicted molar refractivity (Wildman–Crippen MR) is 93.7 cm³/mol. The number of hydrogen-bond acceptors (Lipinski definition) is 5. The molecular formula is C18H21N5O. The molecule has 2 aliphatic heterocycles. The highest BCUT2D eigenvalue weighted by atomic mass is 16.2. The van der Waals surface area contributed by atoms with Gasteiger partial charge in [-0.25, -0.2) is 4.98 Å². The number of fused-ring (bicyclic) bond motifs is 1. The van der Waals surface area contributed by atoms with E-state index >= 15 is 0 Å². The molecule has 4 heterocycles. The van der Waals surface area contributed by atoms with E-state index in [0.717, 1.165) is 42.3 Å². The average molecular weight is 323 g/mol. The van der Waals surface area contributed by atoms with Crippen LogP contribution in [0.2, 0.25) is 0 Å². The summed E-state index contributed by atoms with van der Waals surface area (Å²) in [5.41, 5.74) is 3.06.